The molecule has 3 rings (SSSR count). The van der Waals surface area contributed by atoms with E-state index in [1.54, 1.807) is 36.4 Å². The monoisotopic (exact) mass is 267 g/mol. The number of rotatable bonds is 2. The highest BCUT2D eigenvalue weighted by atomic mass is 16.4. The molecule has 0 saturated carbocycles. The van der Waals surface area contributed by atoms with E-state index < -0.39 is 18.9 Å². The second-order valence-corrected chi connectivity index (χ2v) is 4.42. The van der Waals surface area contributed by atoms with E-state index in [9.17, 15) is 19.6 Å². The SMILES string of the molecule is O=C1c2ccccc2C(=O)N1c1ccccc1B(O)O. The maximum atomic E-state index is 12.3. The second-order valence-electron chi connectivity index (χ2n) is 4.42. The van der Waals surface area contributed by atoms with Crippen molar-refractivity contribution in [2.75, 3.05) is 4.90 Å². The molecule has 5 nitrogen and oxygen atoms in total. The summed E-state index contributed by atoms with van der Waals surface area (Å²) in [5, 5.41) is 18.7. The number of fused-ring (bicyclic) bond motifs is 1. The van der Waals surface area contributed by atoms with Gasteiger partial charge in [-0.1, -0.05) is 30.3 Å². The average Bonchev–Trinajstić information content (AvgIpc) is 2.71. The van der Waals surface area contributed by atoms with Crippen LogP contribution in [0.5, 0.6) is 0 Å². The van der Waals surface area contributed by atoms with Crippen molar-refractivity contribution < 1.29 is 19.6 Å². The number of benzene rings is 2. The van der Waals surface area contributed by atoms with Crippen LogP contribution < -0.4 is 10.4 Å². The van der Waals surface area contributed by atoms with Gasteiger partial charge in [-0.3, -0.25) is 9.59 Å². The fourth-order valence-corrected chi connectivity index (χ4v) is 2.32. The summed E-state index contributed by atoms with van der Waals surface area (Å²) in [5.74, 6) is -0.919. The third-order valence-electron chi connectivity index (χ3n) is 3.25. The van der Waals surface area contributed by atoms with Gasteiger partial charge >= 0.3 is 7.12 Å². The largest absolute Gasteiger partial charge is 0.490 e. The highest BCUT2D eigenvalue weighted by Crippen LogP contribution is 2.27. The Labute approximate surface area is 115 Å². The van der Waals surface area contributed by atoms with Crippen LogP contribution in [0.1, 0.15) is 20.7 Å². The second kappa shape index (κ2) is 4.59. The zero-order valence-electron chi connectivity index (χ0n) is 10.4. The van der Waals surface area contributed by atoms with Crippen molar-refractivity contribution in [2.24, 2.45) is 0 Å². The lowest BCUT2D eigenvalue weighted by Crippen LogP contribution is -2.39. The Hall–Kier alpha value is -2.44. The Morgan fingerprint density at radius 3 is 1.85 bits per heavy atom. The van der Waals surface area contributed by atoms with Gasteiger partial charge in [-0.2, -0.15) is 0 Å². The number of hydrogen-bond donors (Lipinski definition) is 2. The molecular weight excluding hydrogens is 257 g/mol. The number of hydrogen-bond acceptors (Lipinski definition) is 4. The summed E-state index contributed by atoms with van der Waals surface area (Å²) in [4.78, 5) is 25.6. The fraction of sp³-hybridized carbons (Fsp3) is 0. The predicted octanol–water partition coefficient (Wildman–Crippen LogP) is 0.167. The number of nitrogens with zero attached hydrogens (tertiary/aromatic N) is 1. The van der Waals surface area contributed by atoms with Crippen LogP contribution in [0.15, 0.2) is 48.5 Å². The summed E-state index contributed by atoms with van der Waals surface area (Å²) in [6, 6.07) is 12.7. The van der Waals surface area contributed by atoms with E-state index in [1.165, 1.54) is 12.1 Å². The van der Waals surface area contributed by atoms with Crippen LogP contribution >= 0.6 is 0 Å². The molecule has 1 aliphatic rings. The first-order chi connectivity index (χ1) is 9.61. The van der Waals surface area contributed by atoms with Gasteiger partial charge < -0.3 is 10.0 Å². The molecule has 0 aromatic heterocycles. The third-order valence-corrected chi connectivity index (χ3v) is 3.25. The van der Waals surface area contributed by atoms with Crippen molar-refractivity contribution >= 4 is 30.1 Å². The molecule has 0 saturated heterocycles. The number of anilines is 1. The van der Waals surface area contributed by atoms with Gasteiger partial charge in [-0.15, -0.1) is 0 Å². The summed E-state index contributed by atoms with van der Waals surface area (Å²) >= 11 is 0. The first-order valence-corrected chi connectivity index (χ1v) is 6.04. The van der Waals surface area contributed by atoms with Gasteiger partial charge in [0.25, 0.3) is 11.8 Å². The van der Waals surface area contributed by atoms with Crippen molar-refractivity contribution in [3.8, 4) is 0 Å². The van der Waals surface area contributed by atoms with Crippen LogP contribution in [0.3, 0.4) is 0 Å². The number of carbonyl (C=O) groups is 2. The van der Waals surface area contributed by atoms with Crippen LogP contribution in [0.2, 0.25) is 0 Å². The van der Waals surface area contributed by atoms with E-state index in [0.29, 0.717) is 11.1 Å². The highest BCUT2D eigenvalue weighted by molar-refractivity contribution is 6.61. The lowest BCUT2D eigenvalue weighted by atomic mass is 9.78. The topological polar surface area (TPSA) is 77.8 Å². The van der Waals surface area contributed by atoms with Crippen molar-refractivity contribution in [2.45, 2.75) is 0 Å². The molecule has 20 heavy (non-hydrogen) atoms. The summed E-state index contributed by atoms with van der Waals surface area (Å²) in [6.07, 6.45) is 0. The maximum absolute atomic E-state index is 12.3. The Balaban J connectivity index is 2.15. The van der Waals surface area contributed by atoms with Crippen LogP contribution in [-0.2, 0) is 0 Å². The molecule has 1 heterocycles. The minimum absolute atomic E-state index is 0.113. The zero-order chi connectivity index (χ0) is 14.3. The lowest BCUT2D eigenvalue weighted by Gasteiger charge is -2.17. The fourth-order valence-electron chi connectivity index (χ4n) is 2.32. The molecule has 2 amide bonds. The number of para-hydroxylation sites is 1. The lowest BCUT2D eigenvalue weighted by molar-refractivity contribution is 0.0926. The average molecular weight is 267 g/mol. The molecule has 0 aliphatic carbocycles. The van der Waals surface area contributed by atoms with Gasteiger partial charge in [0.1, 0.15) is 0 Å². The standard InChI is InChI=1S/C14H10BNO4/c17-13-9-5-1-2-6-10(9)14(18)16(13)12-8-4-3-7-11(12)15(19)20/h1-8,19-20H. The van der Waals surface area contributed by atoms with Gasteiger partial charge in [0.2, 0.25) is 0 Å². The van der Waals surface area contributed by atoms with Crippen molar-refractivity contribution in [3.05, 3.63) is 59.7 Å². The van der Waals surface area contributed by atoms with E-state index >= 15 is 0 Å². The molecule has 98 valence electrons. The number of amides is 2. The molecule has 0 radical (unpaired) electrons. The molecule has 6 heteroatoms. The normalized spacial score (nSPS) is 13.6. The molecular formula is C14H10BNO4. The van der Waals surface area contributed by atoms with Crippen molar-refractivity contribution in [1.29, 1.82) is 0 Å². The first kappa shape index (κ1) is 12.6. The molecule has 0 bridgehead atoms. The minimum atomic E-state index is -1.75. The number of imide groups is 1. The molecule has 0 atom stereocenters. The summed E-state index contributed by atoms with van der Waals surface area (Å²) in [6.45, 7) is 0. The van der Waals surface area contributed by atoms with Gasteiger partial charge in [0.15, 0.2) is 0 Å². The summed E-state index contributed by atoms with van der Waals surface area (Å²) < 4.78 is 0. The van der Waals surface area contributed by atoms with Gasteiger partial charge in [0, 0.05) is 5.46 Å². The Kier molecular flexibility index (Phi) is 2.89. The van der Waals surface area contributed by atoms with Crippen LogP contribution in [-0.4, -0.2) is 29.0 Å². The molecule has 0 spiro atoms. The van der Waals surface area contributed by atoms with E-state index in [0.717, 1.165) is 4.90 Å². The molecule has 1 aliphatic heterocycles. The summed E-state index contributed by atoms with van der Waals surface area (Å²) in [5.41, 5.74) is 0.940. The van der Waals surface area contributed by atoms with Crippen LogP contribution in [0.4, 0.5) is 5.69 Å². The predicted molar refractivity (Wildman–Crippen MR) is 73.8 cm³/mol. The smallest absolute Gasteiger partial charge is 0.423 e. The molecule has 2 aromatic rings. The third kappa shape index (κ3) is 1.74. The molecule has 0 fully saturated rings. The highest BCUT2D eigenvalue weighted by Gasteiger charge is 2.38. The van der Waals surface area contributed by atoms with Gasteiger partial charge in [-0.25, -0.2) is 4.90 Å². The zero-order valence-corrected chi connectivity index (χ0v) is 10.4. The van der Waals surface area contributed by atoms with Crippen LogP contribution in [0.25, 0.3) is 0 Å². The number of carbonyl (C=O) groups excluding carboxylic acids is 2. The maximum Gasteiger partial charge on any atom is 0.490 e. The van der Waals surface area contributed by atoms with Crippen molar-refractivity contribution in [3.63, 3.8) is 0 Å². The minimum Gasteiger partial charge on any atom is -0.423 e. The Morgan fingerprint density at radius 1 is 0.800 bits per heavy atom. The Morgan fingerprint density at radius 2 is 1.30 bits per heavy atom. The van der Waals surface area contributed by atoms with Crippen LogP contribution in [0, 0.1) is 0 Å². The molecule has 0 unspecified atom stereocenters. The molecule has 2 N–H and O–H groups in total. The van der Waals surface area contributed by atoms with E-state index in [1.807, 2.05) is 0 Å². The molecule has 2 aromatic carbocycles. The summed E-state index contributed by atoms with van der Waals surface area (Å²) in [7, 11) is -1.75. The van der Waals surface area contributed by atoms with Gasteiger partial charge in [0.05, 0.1) is 16.8 Å². The van der Waals surface area contributed by atoms with Crippen molar-refractivity contribution in [1.82, 2.24) is 0 Å². The quantitative estimate of drug-likeness (QED) is 0.600. The Bertz CT molecular complexity index is 679. The van der Waals surface area contributed by atoms with E-state index in [2.05, 4.69) is 0 Å². The van der Waals surface area contributed by atoms with Gasteiger partial charge in [-0.05, 0) is 18.2 Å². The van der Waals surface area contributed by atoms with E-state index in [4.69, 9.17) is 0 Å². The first-order valence-electron chi connectivity index (χ1n) is 6.04. The van der Waals surface area contributed by atoms with E-state index in [-0.39, 0.29) is 11.2 Å².